The fourth-order valence-corrected chi connectivity index (χ4v) is 6.06. The monoisotopic (exact) mass is 477 g/mol. The highest BCUT2D eigenvalue weighted by molar-refractivity contribution is 5.69. The first-order valence-electron chi connectivity index (χ1n) is 13.4. The van der Waals surface area contributed by atoms with Crippen molar-refractivity contribution in [3.05, 3.63) is 36.0 Å². The van der Waals surface area contributed by atoms with Gasteiger partial charge in [-0.15, -0.1) is 0 Å². The Labute approximate surface area is 211 Å². The van der Waals surface area contributed by atoms with Gasteiger partial charge in [-0.1, -0.05) is 38.8 Å². The van der Waals surface area contributed by atoms with E-state index in [1.165, 1.54) is 36.9 Å². The van der Waals surface area contributed by atoms with E-state index in [2.05, 4.69) is 84.0 Å². The molecule has 0 amide bonds. The van der Waals surface area contributed by atoms with E-state index < -0.39 is 0 Å². The predicted octanol–water partition coefficient (Wildman–Crippen LogP) is 4.63. The molecule has 35 heavy (non-hydrogen) atoms. The molecule has 1 unspecified atom stereocenters. The molecule has 3 aliphatic rings. The average Bonchev–Trinajstić information content (AvgIpc) is 3.34. The van der Waals surface area contributed by atoms with Crippen LogP contribution in [0.15, 0.2) is 30.5 Å². The molecule has 7 nitrogen and oxygen atoms in total. The van der Waals surface area contributed by atoms with Crippen LogP contribution in [0.1, 0.15) is 58.1 Å². The number of nitrogens with zero attached hydrogens (tertiary/aromatic N) is 6. The van der Waals surface area contributed by atoms with Gasteiger partial charge in [-0.3, -0.25) is 0 Å². The quantitative estimate of drug-likeness (QED) is 0.674. The summed E-state index contributed by atoms with van der Waals surface area (Å²) in [6.07, 6.45) is 7.20. The van der Waals surface area contributed by atoms with Crippen molar-refractivity contribution < 1.29 is 0 Å². The smallest absolute Gasteiger partial charge is 0.225 e. The highest BCUT2D eigenvalue weighted by Gasteiger charge is 2.36. The Balaban J connectivity index is 1.34. The van der Waals surface area contributed by atoms with Gasteiger partial charge in [0.05, 0.1) is 17.9 Å². The summed E-state index contributed by atoms with van der Waals surface area (Å²) in [5.74, 6) is 1.82. The van der Waals surface area contributed by atoms with Gasteiger partial charge in [-0.25, -0.2) is 4.98 Å². The molecule has 0 bridgehead atoms. The van der Waals surface area contributed by atoms with E-state index in [0.717, 1.165) is 56.7 Å². The van der Waals surface area contributed by atoms with Crippen LogP contribution in [0.3, 0.4) is 0 Å². The maximum Gasteiger partial charge on any atom is 0.225 e. The molecule has 1 saturated heterocycles. The van der Waals surface area contributed by atoms with Crippen LogP contribution >= 0.6 is 0 Å². The summed E-state index contributed by atoms with van der Waals surface area (Å²) in [6, 6.07) is 9.73. The SMILES string of the molecule is CC(Nc1ncc2c(n1)N(C1CCCC1)CC(C)(C)CN2C)c1ccc(N2CCN(C)CC2)cc1. The zero-order valence-corrected chi connectivity index (χ0v) is 22.3. The summed E-state index contributed by atoms with van der Waals surface area (Å²) in [5.41, 5.74) is 3.92. The lowest BCUT2D eigenvalue weighted by Crippen LogP contribution is -2.44. The van der Waals surface area contributed by atoms with Gasteiger partial charge < -0.3 is 24.9 Å². The van der Waals surface area contributed by atoms with Crippen molar-refractivity contribution in [3.8, 4) is 0 Å². The number of nitrogens with one attached hydrogen (secondary N) is 1. The van der Waals surface area contributed by atoms with Crippen LogP contribution in [-0.2, 0) is 0 Å². The zero-order valence-electron chi connectivity index (χ0n) is 22.3. The second-order valence-electron chi connectivity index (χ2n) is 11.7. The number of rotatable bonds is 5. The largest absolute Gasteiger partial charge is 0.370 e. The van der Waals surface area contributed by atoms with E-state index in [1.807, 2.05) is 6.20 Å². The molecule has 190 valence electrons. The molecule has 1 N–H and O–H groups in total. The first-order valence-corrected chi connectivity index (χ1v) is 13.4. The van der Waals surface area contributed by atoms with Crippen molar-refractivity contribution in [2.24, 2.45) is 5.41 Å². The number of hydrogen-bond acceptors (Lipinski definition) is 7. The van der Waals surface area contributed by atoms with Crippen LogP contribution in [0.25, 0.3) is 0 Å². The first-order chi connectivity index (χ1) is 16.8. The number of piperazine rings is 1. The third-order valence-corrected chi connectivity index (χ3v) is 8.07. The van der Waals surface area contributed by atoms with E-state index in [0.29, 0.717) is 6.04 Å². The molecule has 5 rings (SSSR count). The molecule has 7 heteroatoms. The van der Waals surface area contributed by atoms with Crippen LogP contribution in [0.4, 0.5) is 23.1 Å². The lowest BCUT2D eigenvalue weighted by atomic mass is 9.92. The minimum absolute atomic E-state index is 0.134. The first kappa shape index (κ1) is 24.2. The Morgan fingerprint density at radius 1 is 0.971 bits per heavy atom. The van der Waals surface area contributed by atoms with E-state index in [9.17, 15) is 0 Å². The van der Waals surface area contributed by atoms with Gasteiger partial charge >= 0.3 is 0 Å². The number of aromatic nitrogens is 2. The third-order valence-electron chi connectivity index (χ3n) is 8.07. The lowest BCUT2D eigenvalue weighted by Gasteiger charge is -2.35. The number of hydrogen-bond donors (Lipinski definition) is 1. The Morgan fingerprint density at radius 3 is 2.34 bits per heavy atom. The molecule has 0 radical (unpaired) electrons. The van der Waals surface area contributed by atoms with Gasteiger partial charge in [0.1, 0.15) is 0 Å². The molecule has 2 fully saturated rings. The zero-order chi connectivity index (χ0) is 24.6. The highest BCUT2D eigenvalue weighted by Crippen LogP contribution is 2.39. The van der Waals surface area contributed by atoms with E-state index in [4.69, 9.17) is 9.97 Å². The second kappa shape index (κ2) is 9.84. The van der Waals surface area contributed by atoms with Gasteiger partial charge in [-0.05, 0) is 49.9 Å². The fourth-order valence-electron chi connectivity index (χ4n) is 6.06. The molecule has 3 heterocycles. The fraction of sp³-hybridized carbons (Fsp3) is 0.643. The molecular weight excluding hydrogens is 434 g/mol. The van der Waals surface area contributed by atoms with Gasteiger partial charge in [0.25, 0.3) is 0 Å². The van der Waals surface area contributed by atoms with Crippen LogP contribution in [0, 0.1) is 5.41 Å². The molecule has 1 saturated carbocycles. The van der Waals surface area contributed by atoms with Gasteiger partial charge in [0.2, 0.25) is 5.95 Å². The van der Waals surface area contributed by atoms with E-state index in [1.54, 1.807) is 0 Å². The third kappa shape index (κ3) is 5.35. The predicted molar refractivity (Wildman–Crippen MR) is 147 cm³/mol. The van der Waals surface area contributed by atoms with Crippen molar-refractivity contribution in [2.45, 2.75) is 58.5 Å². The summed E-state index contributed by atoms with van der Waals surface area (Å²) >= 11 is 0. The number of benzene rings is 1. The maximum atomic E-state index is 5.13. The molecular formula is C28H43N7. The highest BCUT2D eigenvalue weighted by atomic mass is 15.3. The van der Waals surface area contributed by atoms with Crippen LogP contribution in [-0.4, -0.2) is 74.3 Å². The Hall–Kier alpha value is -2.54. The van der Waals surface area contributed by atoms with E-state index >= 15 is 0 Å². The summed E-state index contributed by atoms with van der Waals surface area (Å²) in [7, 11) is 4.38. The number of fused-ring (bicyclic) bond motifs is 1. The van der Waals surface area contributed by atoms with Crippen molar-refractivity contribution in [1.29, 1.82) is 0 Å². The molecule has 2 aromatic rings. The standard InChI is InChI=1S/C28H43N7/c1-21(22-10-12-23(13-11-22)34-16-14-32(4)15-17-34)30-27-29-18-25-26(31-27)35(24-8-6-7-9-24)20-28(2,3)19-33(25)5/h10-13,18,21,24H,6-9,14-17,19-20H2,1-5H3,(H,29,30,31). The second-order valence-corrected chi connectivity index (χ2v) is 11.7. The summed E-state index contributed by atoms with van der Waals surface area (Å²) in [4.78, 5) is 19.7. The Morgan fingerprint density at radius 2 is 1.66 bits per heavy atom. The van der Waals surface area contributed by atoms with Crippen molar-refractivity contribution >= 4 is 23.1 Å². The average molecular weight is 478 g/mol. The van der Waals surface area contributed by atoms with Crippen molar-refractivity contribution in [3.63, 3.8) is 0 Å². The van der Waals surface area contributed by atoms with Gasteiger partial charge in [0, 0.05) is 58.0 Å². The van der Waals surface area contributed by atoms with Crippen LogP contribution in [0.2, 0.25) is 0 Å². The number of likely N-dealkylation sites (N-methyl/N-ethyl adjacent to an activating group) is 1. The lowest BCUT2D eigenvalue weighted by molar-refractivity contribution is 0.313. The van der Waals surface area contributed by atoms with Crippen molar-refractivity contribution in [2.75, 3.05) is 73.4 Å². The maximum absolute atomic E-state index is 5.13. The summed E-state index contributed by atoms with van der Waals surface area (Å²) in [5, 5.41) is 3.59. The van der Waals surface area contributed by atoms with Crippen molar-refractivity contribution in [1.82, 2.24) is 14.9 Å². The van der Waals surface area contributed by atoms with E-state index in [-0.39, 0.29) is 11.5 Å². The molecule has 1 aromatic carbocycles. The minimum atomic E-state index is 0.134. The minimum Gasteiger partial charge on any atom is -0.370 e. The Bertz CT molecular complexity index is 991. The summed E-state index contributed by atoms with van der Waals surface area (Å²) < 4.78 is 0. The topological polar surface area (TPSA) is 50.8 Å². The molecule has 0 spiro atoms. The molecule has 1 aromatic heterocycles. The molecule has 2 aliphatic heterocycles. The molecule has 1 aliphatic carbocycles. The summed E-state index contributed by atoms with van der Waals surface area (Å²) in [6.45, 7) is 13.4. The Kier molecular flexibility index (Phi) is 6.80. The van der Waals surface area contributed by atoms with Crippen LogP contribution < -0.4 is 20.0 Å². The molecule has 1 atom stereocenters. The van der Waals surface area contributed by atoms with Crippen LogP contribution in [0.5, 0.6) is 0 Å². The van der Waals surface area contributed by atoms with Gasteiger partial charge in [-0.2, -0.15) is 4.98 Å². The van der Waals surface area contributed by atoms with Gasteiger partial charge in [0.15, 0.2) is 5.82 Å². The number of anilines is 4. The normalized spacial score (nSPS) is 22.1.